The van der Waals surface area contributed by atoms with Crippen LogP contribution in [0.3, 0.4) is 0 Å². The maximum Gasteiger partial charge on any atom is 0.240 e. The van der Waals surface area contributed by atoms with E-state index in [1.54, 1.807) is 36.1 Å². The van der Waals surface area contributed by atoms with Crippen molar-refractivity contribution in [1.29, 1.82) is 0 Å². The Hall–Kier alpha value is -1.77. The number of nitrogens with zero attached hydrogens (tertiary/aromatic N) is 3. The lowest BCUT2D eigenvalue weighted by molar-refractivity contribution is 0.278. The highest BCUT2D eigenvalue weighted by atomic mass is 32.2. The second-order valence-corrected chi connectivity index (χ2v) is 6.01. The molecule has 0 aliphatic carbocycles. The van der Waals surface area contributed by atoms with Crippen LogP contribution in [-0.2, 0) is 30.1 Å². The van der Waals surface area contributed by atoms with Crippen LogP contribution < -0.4 is 4.72 Å². The Labute approximate surface area is 117 Å². The van der Waals surface area contributed by atoms with Gasteiger partial charge >= 0.3 is 0 Å². The summed E-state index contributed by atoms with van der Waals surface area (Å²) in [6.45, 7) is -0.102. The second kappa shape index (κ2) is 6.12. The fraction of sp³-hybridized carbons (Fsp3) is 0.333. The number of hydrogen-bond donors (Lipinski definition) is 2. The fourth-order valence-corrected chi connectivity index (χ4v) is 3.07. The molecule has 0 radical (unpaired) electrons. The summed E-state index contributed by atoms with van der Waals surface area (Å²) in [5, 5.41) is 16.8. The topological polar surface area (TPSA) is 97.1 Å². The van der Waals surface area contributed by atoms with Gasteiger partial charge in [0.25, 0.3) is 0 Å². The van der Waals surface area contributed by atoms with Crippen LogP contribution in [0.5, 0.6) is 0 Å². The third-order valence-electron chi connectivity index (χ3n) is 2.88. The van der Waals surface area contributed by atoms with Crippen molar-refractivity contribution in [2.45, 2.75) is 17.9 Å². The molecule has 7 nitrogen and oxygen atoms in total. The zero-order chi connectivity index (χ0) is 14.6. The Morgan fingerprint density at radius 3 is 2.75 bits per heavy atom. The van der Waals surface area contributed by atoms with Crippen LogP contribution in [0.4, 0.5) is 0 Å². The highest BCUT2D eigenvalue weighted by molar-refractivity contribution is 7.89. The Morgan fingerprint density at radius 2 is 2.10 bits per heavy atom. The molecule has 0 spiro atoms. The summed E-state index contributed by atoms with van der Waals surface area (Å²) < 4.78 is 28.5. The van der Waals surface area contributed by atoms with Gasteiger partial charge in [-0.05, 0) is 11.6 Å². The molecule has 0 aliphatic heterocycles. The summed E-state index contributed by atoms with van der Waals surface area (Å²) in [6.07, 6.45) is 2.00. The van der Waals surface area contributed by atoms with Crippen LogP contribution in [-0.4, -0.2) is 34.8 Å². The van der Waals surface area contributed by atoms with Crippen molar-refractivity contribution in [2.24, 2.45) is 7.05 Å². The third-order valence-corrected chi connectivity index (χ3v) is 4.44. The van der Waals surface area contributed by atoms with Crippen LogP contribution in [0, 0.1) is 0 Å². The van der Waals surface area contributed by atoms with Crippen molar-refractivity contribution in [3.05, 3.63) is 42.0 Å². The fourth-order valence-electron chi connectivity index (χ4n) is 1.81. The highest BCUT2D eigenvalue weighted by Crippen LogP contribution is 2.14. The number of aromatic nitrogens is 3. The molecule has 0 fully saturated rings. The molecule has 8 heteroatoms. The van der Waals surface area contributed by atoms with Gasteiger partial charge in [-0.3, -0.25) is 0 Å². The summed E-state index contributed by atoms with van der Waals surface area (Å²) >= 11 is 0. The lowest BCUT2D eigenvalue weighted by Crippen LogP contribution is -2.27. The van der Waals surface area contributed by atoms with Crippen molar-refractivity contribution in [3.63, 3.8) is 0 Å². The molecule has 0 atom stereocenters. The summed E-state index contributed by atoms with van der Waals surface area (Å²) in [5.41, 5.74) is 0.374. The first-order chi connectivity index (χ1) is 9.54. The molecule has 0 saturated carbocycles. The predicted molar refractivity (Wildman–Crippen MR) is 72.3 cm³/mol. The lowest BCUT2D eigenvalue weighted by Gasteiger charge is -2.09. The van der Waals surface area contributed by atoms with Gasteiger partial charge in [0.1, 0.15) is 12.2 Å². The van der Waals surface area contributed by atoms with E-state index in [1.807, 2.05) is 0 Å². The van der Waals surface area contributed by atoms with E-state index in [2.05, 4.69) is 14.9 Å². The number of aryl methyl sites for hydroxylation is 1. The maximum absolute atomic E-state index is 12.2. The minimum atomic E-state index is -3.64. The third kappa shape index (κ3) is 3.21. The van der Waals surface area contributed by atoms with Gasteiger partial charge in [-0.2, -0.15) is 0 Å². The number of aliphatic hydroxyl groups excluding tert-OH is 1. The van der Waals surface area contributed by atoms with Crippen molar-refractivity contribution in [3.8, 4) is 0 Å². The van der Waals surface area contributed by atoms with Gasteiger partial charge in [0.05, 0.1) is 11.5 Å². The molecule has 2 aromatic rings. The van der Waals surface area contributed by atoms with Gasteiger partial charge in [0.2, 0.25) is 10.0 Å². The van der Waals surface area contributed by atoms with Gasteiger partial charge in [-0.1, -0.05) is 18.2 Å². The normalized spacial score (nSPS) is 11.7. The SMILES string of the molecule is Cn1cnnc1CCNS(=O)(=O)c1ccccc1CO. The molecule has 1 heterocycles. The van der Waals surface area contributed by atoms with Gasteiger partial charge in [-0.25, -0.2) is 13.1 Å². The number of rotatable bonds is 6. The van der Waals surface area contributed by atoms with Gasteiger partial charge in [-0.15, -0.1) is 10.2 Å². The zero-order valence-electron chi connectivity index (χ0n) is 11.0. The number of hydrogen-bond acceptors (Lipinski definition) is 5. The summed E-state index contributed by atoms with van der Waals surface area (Å²) in [6, 6.07) is 6.36. The molecule has 0 saturated heterocycles. The summed E-state index contributed by atoms with van der Waals surface area (Å²) in [4.78, 5) is 0.0977. The van der Waals surface area contributed by atoms with Crippen molar-refractivity contribution >= 4 is 10.0 Å². The first-order valence-corrected chi connectivity index (χ1v) is 7.54. The average molecular weight is 296 g/mol. The average Bonchev–Trinajstić information content (AvgIpc) is 2.84. The monoisotopic (exact) mass is 296 g/mol. The first kappa shape index (κ1) is 14.6. The molecule has 108 valence electrons. The van der Waals surface area contributed by atoms with Crippen LogP contribution in [0.25, 0.3) is 0 Å². The van der Waals surface area contributed by atoms with Crippen LogP contribution in [0.15, 0.2) is 35.5 Å². The van der Waals surface area contributed by atoms with Crippen molar-refractivity contribution in [2.75, 3.05) is 6.54 Å². The number of nitrogens with one attached hydrogen (secondary N) is 1. The minimum absolute atomic E-state index is 0.0977. The molecule has 0 aliphatic rings. The Balaban J connectivity index is 2.06. The van der Waals surface area contributed by atoms with Crippen molar-refractivity contribution < 1.29 is 13.5 Å². The van der Waals surface area contributed by atoms with E-state index in [1.165, 1.54) is 6.07 Å². The summed E-state index contributed by atoms with van der Waals surface area (Å²) in [5.74, 6) is 0.697. The van der Waals surface area contributed by atoms with Gasteiger partial charge in [0.15, 0.2) is 0 Å². The van der Waals surface area contributed by atoms with Crippen molar-refractivity contribution in [1.82, 2.24) is 19.5 Å². The maximum atomic E-state index is 12.2. The molecule has 1 aromatic carbocycles. The molecule has 2 rings (SSSR count). The number of aliphatic hydroxyl groups is 1. The molecular weight excluding hydrogens is 280 g/mol. The van der Waals surface area contributed by atoms with Crippen LogP contribution in [0.2, 0.25) is 0 Å². The van der Waals surface area contributed by atoms with E-state index >= 15 is 0 Å². The molecule has 0 bridgehead atoms. The summed E-state index contributed by atoms with van der Waals surface area (Å²) in [7, 11) is -1.84. The van der Waals surface area contributed by atoms with E-state index < -0.39 is 10.0 Å². The Bertz CT molecular complexity index is 682. The molecule has 1 aromatic heterocycles. The first-order valence-electron chi connectivity index (χ1n) is 6.06. The molecule has 0 unspecified atom stereocenters. The molecule has 2 N–H and O–H groups in total. The Morgan fingerprint density at radius 1 is 1.35 bits per heavy atom. The quantitative estimate of drug-likeness (QED) is 0.771. The largest absolute Gasteiger partial charge is 0.392 e. The number of benzene rings is 1. The van der Waals surface area contributed by atoms with E-state index in [0.717, 1.165) is 0 Å². The number of sulfonamides is 1. The second-order valence-electron chi connectivity index (χ2n) is 4.27. The minimum Gasteiger partial charge on any atom is -0.392 e. The highest BCUT2D eigenvalue weighted by Gasteiger charge is 2.17. The standard InChI is InChI=1S/C12H16N4O3S/c1-16-9-13-15-12(16)6-7-14-20(18,19)11-5-3-2-4-10(11)8-17/h2-5,9,14,17H,6-8H2,1H3. The van der Waals surface area contributed by atoms with Gasteiger partial charge < -0.3 is 9.67 Å². The van der Waals surface area contributed by atoms with E-state index in [4.69, 9.17) is 0 Å². The Kier molecular flexibility index (Phi) is 4.48. The molecule has 0 amide bonds. The molecule has 20 heavy (non-hydrogen) atoms. The van der Waals surface area contributed by atoms with E-state index in [-0.39, 0.29) is 18.0 Å². The van der Waals surface area contributed by atoms with Gasteiger partial charge in [0, 0.05) is 20.0 Å². The predicted octanol–water partition coefficient (Wildman–Crippen LogP) is -0.172. The van der Waals surface area contributed by atoms with Crippen LogP contribution in [0.1, 0.15) is 11.4 Å². The van der Waals surface area contributed by atoms with E-state index in [9.17, 15) is 13.5 Å². The molecular formula is C12H16N4O3S. The zero-order valence-corrected chi connectivity index (χ0v) is 11.8. The van der Waals surface area contributed by atoms with Crippen LogP contribution >= 0.6 is 0 Å². The lowest BCUT2D eigenvalue weighted by atomic mass is 10.2. The van der Waals surface area contributed by atoms with E-state index in [0.29, 0.717) is 17.8 Å². The smallest absolute Gasteiger partial charge is 0.240 e.